The smallest absolute Gasteiger partial charge is 0.226 e. The monoisotopic (exact) mass is 533 g/mol. The van der Waals surface area contributed by atoms with Gasteiger partial charge in [-0.1, -0.05) is 18.2 Å². The third-order valence-electron chi connectivity index (χ3n) is 5.49. The Labute approximate surface area is 190 Å². The Bertz CT molecular complexity index is 1260. The first-order valence-electron chi connectivity index (χ1n) is 9.77. The van der Waals surface area contributed by atoms with Gasteiger partial charge in [-0.25, -0.2) is 25.9 Å². The van der Waals surface area contributed by atoms with Gasteiger partial charge in [-0.15, -0.1) is 0 Å². The second-order valence-corrected chi connectivity index (χ2v) is 11.7. The maximum absolute atomic E-state index is 15.4. The van der Waals surface area contributed by atoms with Crippen LogP contribution in [0.3, 0.4) is 0 Å². The predicted molar refractivity (Wildman–Crippen MR) is 106 cm³/mol. The Kier molecular flexibility index (Phi) is 6.83. The number of halogens is 7. The zero-order chi connectivity index (χ0) is 25.6. The van der Waals surface area contributed by atoms with E-state index in [2.05, 4.69) is 0 Å². The van der Waals surface area contributed by atoms with Crippen LogP contribution < -0.4 is 4.72 Å². The summed E-state index contributed by atoms with van der Waals surface area (Å²) >= 11 is 0. The molecule has 0 aliphatic heterocycles. The number of benzene rings is 2. The third-order valence-corrected chi connectivity index (χ3v) is 9.31. The Morgan fingerprint density at radius 1 is 0.824 bits per heavy atom. The number of hydrogen-bond donors (Lipinski definition) is 1. The minimum atomic E-state index is -4.95. The average molecular weight is 533 g/mol. The largest absolute Gasteiger partial charge is 0.417 e. The summed E-state index contributed by atoms with van der Waals surface area (Å²) in [5.74, 6) is 0. The first kappa shape index (κ1) is 26.4. The summed E-state index contributed by atoms with van der Waals surface area (Å²) < 4.78 is 146. The molecule has 1 fully saturated rings. The molecule has 0 radical (unpaired) electrons. The van der Waals surface area contributed by atoms with E-state index in [-0.39, 0.29) is 0 Å². The zero-order valence-electron chi connectivity index (χ0n) is 17.1. The van der Waals surface area contributed by atoms with Gasteiger partial charge in [0, 0.05) is 6.04 Å². The molecule has 2 aromatic carbocycles. The van der Waals surface area contributed by atoms with E-state index < -0.39 is 89.9 Å². The molecule has 0 heterocycles. The van der Waals surface area contributed by atoms with Crippen molar-refractivity contribution in [2.45, 2.75) is 58.9 Å². The van der Waals surface area contributed by atoms with Crippen molar-refractivity contribution in [3.05, 3.63) is 59.7 Å². The van der Waals surface area contributed by atoms with Gasteiger partial charge in [0.25, 0.3) is 0 Å². The normalized spacial score (nSPS) is 22.5. The van der Waals surface area contributed by atoms with Crippen LogP contribution >= 0.6 is 0 Å². The topological polar surface area (TPSA) is 80.3 Å². The highest BCUT2D eigenvalue weighted by molar-refractivity contribution is 7.92. The number of alkyl halides is 7. The lowest BCUT2D eigenvalue weighted by Crippen LogP contribution is -2.45. The minimum Gasteiger partial charge on any atom is -0.226 e. The summed E-state index contributed by atoms with van der Waals surface area (Å²) in [6, 6.07) is 4.98. The molecule has 0 spiro atoms. The van der Waals surface area contributed by atoms with Crippen LogP contribution in [0.2, 0.25) is 0 Å². The minimum absolute atomic E-state index is 0.319. The SMILES string of the molecule is O=S(=O)(N[C@H]1CC[C@@](F)(S(=O)(=O)c2cccc(C(F)(F)F)c2)CC1)c1ccccc1C(F)(F)F. The Balaban J connectivity index is 1.79. The number of hydrogen-bond acceptors (Lipinski definition) is 4. The van der Waals surface area contributed by atoms with Gasteiger partial charge in [-0.2, -0.15) is 26.3 Å². The molecular formula is C20H18F7NO4S2. The molecule has 1 N–H and O–H groups in total. The molecule has 1 aliphatic carbocycles. The Morgan fingerprint density at radius 2 is 1.41 bits per heavy atom. The number of nitrogens with one attached hydrogen (secondary N) is 1. The molecule has 188 valence electrons. The molecule has 14 heteroatoms. The highest BCUT2D eigenvalue weighted by atomic mass is 32.2. The predicted octanol–water partition coefficient (Wildman–Crippen LogP) is 5.08. The summed E-state index contributed by atoms with van der Waals surface area (Å²) in [6.07, 6.45) is -12.1. The van der Waals surface area contributed by atoms with Crippen LogP contribution in [0.25, 0.3) is 0 Å². The number of sulfonamides is 1. The van der Waals surface area contributed by atoms with Crippen LogP contribution in [0.15, 0.2) is 58.3 Å². The van der Waals surface area contributed by atoms with Crippen LogP contribution in [0, 0.1) is 0 Å². The van der Waals surface area contributed by atoms with Gasteiger partial charge in [-0.05, 0) is 56.0 Å². The van der Waals surface area contributed by atoms with E-state index in [1.165, 1.54) is 0 Å². The lowest BCUT2D eigenvalue weighted by molar-refractivity contribution is -0.140. The summed E-state index contributed by atoms with van der Waals surface area (Å²) in [7, 11) is -9.57. The van der Waals surface area contributed by atoms with E-state index in [9.17, 15) is 43.2 Å². The van der Waals surface area contributed by atoms with E-state index in [4.69, 9.17) is 0 Å². The highest BCUT2D eigenvalue weighted by Crippen LogP contribution is 2.42. The Hall–Kier alpha value is -2.19. The first-order chi connectivity index (χ1) is 15.5. The molecule has 1 saturated carbocycles. The second-order valence-electron chi connectivity index (χ2n) is 7.80. The lowest BCUT2D eigenvalue weighted by Gasteiger charge is -2.33. The van der Waals surface area contributed by atoms with Crippen molar-refractivity contribution in [1.29, 1.82) is 0 Å². The molecule has 0 aromatic heterocycles. The van der Waals surface area contributed by atoms with Crippen molar-refractivity contribution in [2.75, 3.05) is 0 Å². The van der Waals surface area contributed by atoms with Gasteiger partial charge in [0.1, 0.15) is 0 Å². The van der Waals surface area contributed by atoms with Crippen molar-refractivity contribution in [2.24, 2.45) is 0 Å². The number of sulfone groups is 1. The molecule has 2 aromatic rings. The van der Waals surface area contributed by atoms with Crippen molar-refractivity contribution >= 4 is 19.9 Å². The molecule has 3 rings (SSSR count). The molecule has 0 bridgehead atoms. The molecule has 0 saturated heterocycles. The summed E-state index contributed by atoms with van der Waals surface area (Å²) in [4.78, 5) is -1.90. The summed E-state index contributed by atoms with van der Waals surface area (Å²) in [5.41, 5.74) is -2.67. The van der Waals surface area contributed by atoms with Gasteiger partial charge < -0.3 is 0 Å². The van der Waals surface area contributed by atoms with Crippen molar-refractivity contribution in [1.82, 2.24) is 4.72 Å². The zero-order valence-corrected chi connectivity index (χ0v) is 18.8. The standard InChI is InChI=1S/C20H18F7NO4S2/c21-18(33(29,30)15-5-3-4-13(12-15)19(22,23)24)10-8-14(9-11-18)28-34(31,32)17-7-2-1-6-16(17)20(25,26)27/h1-7,12,14,28H,8-11H2/t14-,18+. The van der Waals surface area contributed by atoms with Crippen LogP contribution in [-0.2, 0) is 32.2 Å². The van der Waals surface area contributed by atoms with Crippen molar-refractivity contribution in [3.8, 4) is 0 Å². The van der Waals surface area contributed by atoms with Crippen LogP contribution in [0.5, 0.6) is 0 Å². The molecule has 5 nitrogen and oxygen atoms in total. The van der Waals surface area contributed by atoms with E-state index in [0.717, 1.165) is 30.3 Å². The van der Waals surface area contributed by atoms with E-state index in [0.29, 0.717) is 18.2 Å². The fraction of sp³-hybridized carbons (Fsp3) is 0.400. The van der Waals surface area contributed by atoms with Crippen LogP contribution in [0.1, 0.15) is 36.8 Å². The van der Waals surface area contributed by atoms with Gasteiger partial charge in [0.15, 0.2) is 0 Å². The Morgan fingerprint density at radius 3 is 1.97 bits per heavy atom. The third kappa shape index (κ3) is 5.23. The first-order valence-corrected chi connectivity index (χ1v) is 12.7. The fourth-order valence-corrected chi connectivity index (χ4v) is 6.97. The molecule has 0 amide bonds. The van der Waals surface area contributed by atoms with Crippen molar-refractivity contribution < 1.29 is 47.6 Å². The summed E-state index contributed by atoms with van der Waals surface area (Å²) in [6.45, 7) is 0. The maximum atomic E-state index is 15.4. The van der Waals surface area contributed by atoms with Gasteiger partial charge in [0.2, 0.25) is 24.9 Å². The van der Waals surface area contributed by atoms with Crippen LogP contribution in [0.4, 0.5) is 30.7 Å². The quantitative estimate of drug-likeness (QED) is 0.544. The van der Waals surface area contributed by atoms with Gasteiger partial charge in [-0.3, -0.25) is 0 Å². The van der Waals surface area contributed by atoms with Gasteiger partial charge >= 0.3 is 12.4 Å². The highest BCUT2D eigenvalue weighted by Gasteiger charge is 2.49. The molecule has 0 unspecified atom stereocenters. The summed E-state index contributed by atoms with van der Waals surface area (Å²) in [5, 5.41) is -2.97. The van der Waals surface area contributed by atoms with Crippen molar-refractivity contribution in [3.63, 3.8) is 0 Å². The average Bonchev–Trinajstić information content (AvgIpc) is 2.74. The fourth-order valence-electron chi connectivity index (χ4n) is 3.70. The molecule has 34 heavy (non-hydrogen) atoms. The molecular weight excluding hydrogens is 515 g/mol. The van der Waals surface area contributed by atoms with E-state index in [1.807, 2.05) is 4.72 Å². The van der Waals surface area contributed by atoms with Gasteiger partial charge in [0.05, 0.1) is 20.9 Å². The van der Waals surface area contributed by atoms with E-state index >= 15 is 4.39 Å². The van der Waals surface area contributed by atoms with E-state index in [1.54, 1.807) is 0 Å². The maximum Gasteiger partial charge on any atom is 0.417 e. The lowest BCUT2D eigenvalue weighted by atomic mass is 9.94. The second kappa shape index (κ2) is 8.79. The molecule has 0 atom stereocenters. The van der Waals surface area contributed by atoms with Crippen LogP contribution in [-0.4, -0.2) is 27.9 Å². The molecule has 1 aliphatic rings. The number of rotatable bonds is 5.